The van der Waals surface area contributed by atoms with Crippen LogP contribution in [0.15, 0.2) is 45.7 Å². The Labute approximate surface area is 131 Å². The summed E-state index contributed by atoms with van der Waals surface area (Å²) < 4.78 is 11.5. The molecule has 3 nitrogen and oxygen atoms in total. The van der Waals surface area contributed by atoms with Gasteiger partial charge in [-0.25, -0.2) is 0 Å². The first-order chi connectivity index (χ1) is 10.2. The van der Waals surface area contributed by atoms with Crippen molar-refractivity contribution in [1.29, 1.82) is 0 Å². The smallest absolute Gasteiger partial charge is 0.146 e. The minimum absolute atomic E-state index is 0.461. The summed E-state index contributed by atoms with van der Waals surface area (Å²) in [5.41, 5.74) is 0. The summed E-state index contributed by atoms with van der Waals surface area (Å²) in [7, 11) is 0. The Morgan fingerprint density at radius 3 is 2.48 bits per heavy atom. The molecule has 1 N–H and O–H groups in total. The Kier molecular flexibility index (Phi) is 6.21. The number of furan rings is 1. The molecule has 0 spiro atoms. The lowest BCUT2D eigenvalue weighted by Gasteiger charge is -2.06. The summed E-state index contributed by atoms with van der Waals surface area (Å²) >= 11 is 1.72. The molecule has 0 amide bonds. The van der Waals surface area contributed by atoms with E-state index in [1.807, 2.05) is 24.3 Å². The van der Waals surface area contributed by atoms with E-state index in [2.05, 4.69) is 37.6 Å². The second kappa shape index (κ2) is 8.15. The summed E-state index contributed by atoms with van der Waals surface area (Å²) in [5.74, 6) is 3.31. The van der Waals surface area contributed by atoms with Crippen molar-refractivity contribution in [1.82, 2.24) is 5.32 Å². The third-order valence-corrected chi connectivity index (χ3v) is 3.75. The molecule has 2 rings (SSSR count). The normalized spacial score (nSPS) is 11.0. The summed E-state index contributed by atoms with van der Waals surface area (Å²) in [6.45, 7) is 6.60. The van der Waals surface area contributed by atoms with Crippen LogP contribution in [0.3, 0.4) is 0 Å². The van der Waals surface area contributed by atoms with Crippen LogP contribution >= 0.6 is 11.8 Å². The number of rotatable bonds is 8. The number of thioether (sulfide) groups is 1. The zero-order valence-electron chi connectivity index (χ0n) is 12.9. The Morgan fingerprint density at radius 2 is 1.81 bits per heavy atom. The minimum Gasteiger partial charge on any atom is -0.486 e. The summed E-state index contributed by atoms with van der Waals surface area (Å²) in [5, 5.41) is 3.36. The van der Waals surface area contributed by atoms with E-state index < -0.39 is 0 Å². The first-order valence-electron chi connectivity index (χ1n) is 7.22. The van der Waals surface area contributed by atoms with Gasteiger partial charge in [-0.15, -0.1) is 11.8 Å². The Bertz CT molecular complexity index is 534. The number of nitrogens with one attached hydrogen (secondary N) is 1. The Morgan fingerprint density at radius 1 is 1.10 bits per heavy atom. The van der Waals surface area contributed by atoms with Crippen LogP contribution < -0.4 is 10.1 Å². The number of hydrogen-bond acceptors (Lipinski definition) is 4. The van der Waals surface area contributed by atoms with Crippen molar-refractivity contribution < 1.29 is 9.15 Å². The van der Waals surface area contributed by atoms with Gasteiger partial charge in [-0.1, -0.05) is 13.8 Å². The van der Waals surface area contributed by atoms with E-state index in [0.29, 0.717) is 12.5 Å². The SMILES string of the molecule is CSc1ccc(OCc2ccc(CNCC(C)C)o2)cc1. The van der Waals surface area contributed by atoms with Gasteiger partial charge in [-0.3, -0.25) is 0 Å². The largest absolute Gasteiger partial charge is 0.486 e. The van der Waals surface area contributed by atoms with E-state index in [1.54, 1.807) is 11.8 Å². The van der Waals surface area contributed by atoms with Crippen LogP contribution in [-0.4, -0.2) is 12.8 Å². The number of ether oxygens (including phenoxy) is 1. The molecule has 0 aliphatic carbocycles. The van der Waals surface area contributed by atoms with Crippen LogP contribution in [0.5, 0.6) is 5.75 Å². The molecule has 0 atom stereocenters. The first-order valence-corrected chi connectivity index (χ1v) is 8.45. The quantitative estimate of drug-likeness (QED) is 0.736. The van der Waals surface area contributed by atoms with Crippen molar-refractivity contribution in [2.75, 3.05) is 12.8 Å². The van der Waals surface area contributed by atoms with Crippen LogP contribution in [0, 0.1) is 5.92 Å². The number of hydrogen-bond donors (Lipinski definition) is 1. The molecule has 1 aromatic heterocycles. The summed E-state index contributed by atoms with van der Waals surface area (Å²) in [6.07, 6.45) is 2.06. The fourth-order valence-corrected chi connectivity index (χ4v) is 2.31. The van der Waals surface area contributed by atoms with Crippen molar-refractivity contribution in [2.24, 2.45) is 5.92 Å². The predicted molar refractivity (Wildman–Crippen MR) is 87.8 cm³/mol. The molecule has 4 heteroatoms. The molecule has 114 valence electrons. The van der Waals surface area contributed by atoms with Crippen molar-refractivity contribution >= 4 is 11.8 Å². The minimum atomic E-state index is 0.461. The average Bonchev–Trinajstić information content (AvgIpc) is 2.93. The predicted octanol–water partition coefficient (Wildman–Crippen LogP) is 4.33. The molecule has 0 saturated carbocycles. The first kappa shape index (κ1) is 16.0. The van der Waals surface area contributed by atoms with Crippen molar-refractivity contribution in [3.8, 4) is 5.75 Å². The molecule has 0 aliphatic rings. The van der Waals surface area contributed by atoms with Gasteiger partial charge in [0.2, 0.25) is 0 Å². The van der Waals surface area contributed by atoms with Gasteiger partial charge in [0, 0.05) is 4.90 Å². The molecular weight excluding hydrogens is 282 g/mol. The van der Waals surface area contributed by atoms with Crippen LogP contribution in [0.25, 0.3) is 0 Å². The lowest BCUT2D eigenvalue weighted by atomic mass is 10.2. The van der Waals surface area contributed by atoms with Crippen molar-refractivity contribution in [2.45, 2.75) is 31.9 Å². The second-order valence-electron chi connectivity index (χ2n) is 5.36. The molecule has 0 fully saturated rings. The van der Waals surface area contributed by atoms with Crippen LogP contribution in [0.1, 0.15) is 25.4 Å². The maximum absolute atomic E-state index is 5.74. The summed E-state index contributed by atoms with van der Waals surface area (Å²) in [4.78, 5) is 1.24. The Balaban J connectivity index is 1.79. The van der Waals surface area contributed by atoms with E-state index in [0.717, 1.165) is 30.4 Å². The highest BCUT2D eigenvalue weighted by atomic mass is 32.2. The maximum atomic E-state index is 5.74. The van der Waals surface area contributed by atoms with Gasteiger partial charge < -0.3 is 14.5 Å². The van der Waals surface area contributed by atoms with Crippen molar-refractivity contribution in [3.05, 3.63) is 47.9 Å². The van der Waals surface area contributed by atoms with Gasteiger partial charge in [0.15, 0.2) is 0 Å². The molecule has 0 saturated heterocycles. The van der Waals surface area contributed by atoms with Gasteiger partial charge in [0.25, 0.3) is 0 Å². The third kappa shape index (κ3) is 5.48. The molecule has 2 aromatic rings. The van der Waals surface area contributed by atoms with Gasteiger partial charge in [0.05, 0.1) is 6.54 Å². The van der Waals surface area contributed by atoms with Crippen molar-refractivity contribution in [3.63, 3.8) is 0 Å². The van der Waals surface area contributed by atoms with E-state index in [1.165, 1.54) is 4.90 Å². The molecular formula is C17H23NO2S. The fourth-order valence-electron chi connectivity index (χ4n) is 1.91. The molecule has 21 heavy (non-hydrogen) atoms. The molecule has 0 radical (unpaired) electrons. The van der Waals surface area contributed by atoms with Gasteiger partial charge in [0.1, 0.15) is 23.9 Å². The maximum Gasteiger partial charge on any atom is 0.146 e. The van der Waals surface area contributed by atoms with Crippen LogP contribution in [0.4, 0.5) is 0 Å². The van der Waals surface area contributed by atoms with Crippen LogP contribution in [0.2, 0.25) is 0 Å². The van der Waals surface area contributed by atoms with E-state index in [9.17, 15) is 0 Å². The standard InChI is InChI=1S/C17H23NO2S/c1-13(2)10-18-11-15-4-5-16(20-15)12-19-14-6-8-17(21-3)9-7-14/h4-9,13,18H,10-12H2,1-3H3. The highest BCUT2D eigenvalue weighted by molar-refractivity contribution is 7.98. The fraction of sp³-hybridized carbons (Fsp3) is 0.412. The lowest BCUT2D eigenvalue weighted by molar-refractivity contribution is 0.264. The molecule has 0 unspecified atom stereocenters. The number of benzene rings is 1. The highest BCUT2D eigenvalue weighted by Gasteiger charge is 2.04. The van der Waals surface area contributed by atoms with E-state index >= 15 is 0 Å². The highest BCUT2D eigenvalue weighted by Crippen LogP contribution is 2.20. The summed E-state index contributed by atoms with van der Waals surface area (Å²) in [6, 6.07) is 12.1. The molecule has 0 bridgehead atoms. The van der Waals surface area contributed by atoms with Gasteiger partial charge in [-0.2, -0.15) is 0 Å². The zero-order chi connectivity index (χ0) is 15.1. The van der Waals surface area contributed by atoms with E-state index in [4.69, 9.17) is 9.15 Å². The van der Waals surface area contributed by atoms with Gasteiger partial charge >= 0.3 is 0 Å². The topological polar surface area (TPSA) is 34.4 Å². The molecule has 0 aliphatic heterocycles. The average molecular weight is 305 g/mol. The zero-order valence-corrected chi connectivity index (χ0v) is 13.7. The monoisotopic (exact) mass is 305 g/mol. The van der Waals surface area contributed by atoms with Crippen LogP contribution in [-0.2, 0) is 13.2 Å². The third-order valence-electron chi connectivity index (χ3n) is 3.01. The Hall–Kier alpha value is -1.39. The van der Waals surface area contributed by atoms with Gasteiger partial charge in [-0.05, 0) is 55.1 Å². The lowest BCUT2D eigenvalue weighted by Crippen LogP contribution is -2.18. The molecule has 1 aromatic carbocycles. The van der Waals surface area contributed by atoms with E-state index in [-0.39, 0.29) is 0 Å². The second-order valence-corrected chi connectivity index (χ2v) is 6.24. The molecule has 1 heterocycles.